The first-order valence-corrected chi connectivity index (χ1v) is 11.7. The number of benzene rings is 2. The summed E-state index contributed by atoms with van der Waals surface area (Å²) in [6.45, 7) is 3.51. The quantitative estimate of drug-likeness (QED) is 0.664. The summed E-state index contributed by atoms with van der Waals surface area (Å²) >= 11 is 0. The minimum atomic E-state index is -0.435. The van der Waals surface area contributed by atoms with Crippen LogP contribution in [-0.2, 0) is 19.1 Å². The van der Waals surface area contributed by atoms with Gasteiger partial charge in [-0.25, -0.2) is 0 Å². The van der Waals surface area contributed by atoms with Gasteiger partial charge in [-0.3, -0.25) is 19.2 Å². The average molecular weight is 464 g/mol. The molecule has 2 aromatic rings. The van der Waals surface area contributed by atoms with E-state index in [1.807, 2.05) is 30.3 Å². The van der Waals surface area contributed by atoms with E-state index in [2.05, 4.69) is 5.32 Å². The number of nitrogens with one attached hydrogen (secondary N) is 1. The van der Waals surface area contributed by atoms with Gasteiger partial charge in [0.05, 0.1) is 18.4 Å². The molecule has 8 heteroatoms. The van der Waals surface area contributed by atoms with Crippen molar-refractivity contribution >= 4 is 35.1 Å². The second-order valence-electron chi connectivity index (χ2n) is 8.63. The van der Waals surface area contributed by atoms with Crippen molar-refractivity contribution in [1.29, 1.82) is 0 Å². The minimum Gasteiger partial charge on any atom is -0.466 e. The van der Waals surface area contributed by atoms with Crippen molar-refractivity contribution < 1.29 is 23.9 Å². The van der Waals surface area contributed by atoms with E-state index in [9.17, 15) is 19.2 Å². The van der Waals surface area contributed by atoms with Crippen LogP contribution >= 0.6 is 0 Å². The Balaban J connectivity index is 1.30. The van der Waals surface area contributed by atoms with E-state index in [0.717, 1.165) is 5.69 Å². The lowest BCUT2D eigenvalue weighted by Crippen LogP contribution is -2.40. The molecule has 0 bridgehead atoms. The largest absolute Gasteiger partial charge is 0.466 e. The standard InChI is InChI=1S/C26H29N3O5/c1-2-34-26(33)19-12-14-28(15-13-19)25(32)18-8-10-21(11-9-18)27-24(31)20-16-23(30)29(17-20)22-6-4-3-5-7-22/h3-11,19-20H,2,12-17H2,1H3,(H,27,31). The Bertz CT molecular complexity index is 1050. The third-order valence-electron chi connectivity index (χ3n) is 6.37. The lowest BCUT2D eigenvalue weighted by molar-refractivity contribution is -0.149. The van der Waals surface area contributed by atoms with Crippen LogP contribution in [0.2, 0.25) is 0 Å². The molecule has 0 radical (unpaired) electrons. The zero-order chi connectivity index (χ0) is 24.1. The van der Waals surface area contributed by atoms with E-state index in [0.29, 0.717) is 50.3 Å². The molecule has 0 aliphatic carbocycles. The molecule has 0 saturated carbocycles. The van der Waals surface area contributed by atoms with Crippen molar-refractivity contribution in [2.75, 3.05) is 36.5 Å². The van der Waals surface area contributed by atoms with Gasteiger partial charge < -0.3 is 19.9 Å². The highest BCUT2D eigenvalue weighted by molar-refractivity contribution is 6.03. The van der Waals surface area contributed by atoms with Crippen LogP contribution in [0.1, 0.15) is 36.5 Å². The van der Waals surface area contributed by atoms with Crippen LogP contribution in [0.5, 0.6) is 0 Å². The van der Waals surface area contributed by atoms with Crippen LogP contribution in [0.15, 0.2) is 54.6 Å². The predicted octanol–water partition coefficient (Wildman–Crippen LogP) is 3.09. The van der Waals surface area contributed by atoms with Crippen LogP contribution in [0.3, 0.4) is 0 Å². The van der Waals surface area contributed by atoms with Gasteiger partial charge in [-0.2, -0.15) is 0 Å². The van der Waals surface area contributed by atoms with Crippen LogP contribution in [-0.4, -0.2) is 54.8 Å². The van der Waals surface area contributed by atoms with E-state index in [1.165, 1.54) is 0 Å². The predicted molar refractivity (Wildman–Crippen MR) is 127 cm³/mol. The molecule has 2 aromatic carbocycles. The van der Waals surface area contributed by atoms with Gasteiger partial charge in [0.2, 0.25) is 11.8 Å². The second-order valence-corrected chi connectivity index (χ2v) is 8.63. The molecular formula is C26H29N3O5. The Hall–Kier alpha value is -3.68. The maximum Gasteiger partial charge on any atom is 0.309 e. The molecule has 8 nitrogen and oxygen atoms in total. The molecule has 2 heterocycles. The molecule has 2 aliphatic heterocycles. The SMILES string of the molecule is CCOC(=O)C1CCN(C(=O)c2ccc(NC(=O)C3CC(=O)N(c4ccccc4)C3)cc2)CC1. The number of ether oxygens (including phenoxy) is 1. The molecule has 0 spiro atoms. The lowest BCUT2D eigenvalue weighted by Gasteiger charge is -2.31. The van der Waals surface area contributed by atoms with E-state index in [4.69, 9.17) is 4.74 Å². The van der Waals surface area contributed by atoms with E-state index >= 15 is 0 Å². The number of likely N-dealkylation sites (tertiary alicyclic amines) is 1. The Morgan fingerprint density at radius 1 is 0.971 bits per heavy atom. The highest BCUT2D eigenvalue weighted by Gasteiger charge is 2.35. The summed E-state index contributed by atoms with van der Waals surface area (Å²) in [4.78, 5) is 53.2. The summed E-state index contributed by atoms with van der Waals surface area (Å²) in [5.74, 6) is -1.16. The van der Waals surface area contributed by atoms with Crippen molar-refractivity contribution in [3.63, 3.8) is 0 Å². The second kappa shape index (κ2) is 10.5. The molecule has 3 amide bonds. The van der Waals surface area contributed by atoms with Crippen molar-refractivity contribution in [2.24, 2.45) is 11.8 Å². The lowest BCUT2D eigenvalue weighted by atomic mass is 9.96. The van der Waals surface area contributed by atoms with E-state index in [-0.39, 0.29) is 36.0 Å². The molecule has 1 atom stereocenters. The summed E-state index contributed by atoms with van der Waals surface area (Å²) in [7, 11) is 0. The number of rotatable bonds is 6. The molecule has 4 rings (SSSR count). The monoisotopic (exact) mass is 463 g/mol. The smallest absolute Gasteiger partial charge is 0.309 e. The van der Waals surface area contributed by atoms with Crippen molar-refractivity contribution in [1.82, 2.24) is 4.90 Å². The fraction of sp³-hybridized carbons (Fsp3) is 0.385. The molecule has 0 aromatic heterocycles. The van der Waals surface area contributed by atoms with Crippen molar-refractivity contribution in [2.45, 2.75) is 26.2 Å². The fourth-order valence-corrected chi connectivity index (χ4v) is 4.44. The third kappa shape index (κ3) is 5.27. The Morgan fingerprint density at radius 2 is 1.65 bits per heavy atom. The maximum absolute atomic E-state index is 12.8. The van der Waals surface area contributed by atoms with Gasteiger partial charge in [-0.15, -0.1) is 0 Å². The van der Waals surface area contributed by atoms with Crippen LogP contribution < -0.4 is 10.2 Å². The number of carbonyl (C=O) groups is 4. The topological polar surface area (TPSA) is 96.0 Å². The van der Waals surface area contributed by atoms with E-state index < -0.39 is 5.92 Å². The van der Waals surface area contributed by atoms with Gasteiger partial charge in [0.15, 0.2) is 0 Å². The van der Waals surface area contributed by atoms with Gasteiger partial charge in [0.1, 0.15) is 0 Å². The molecule has 1 unspecified atom stereocenters. The molecular weight excluding hydrogens is 434 g/mol. The first-order chi connectivity index (χ1) is 16.5. The summed E-state index contributed by atoms with van der Waals surface area (Å²) < 4.78 is 5.08. The number of para-hydroxylation sites is 1. The van der Waals surface area contributed by atoms with Crippen LogP contribution in [0, 0.1) is 11.8 Å². The number of hydrogen-bond donors (Lipinski definition) is 1. The van der Waals surface area contributed by atoms with Crippen LogP contribution in [0.25, 0.3) is 0 Å². The molecule has 178 valence electrons. The number of esters is 1. The first kappa shape index (κ1) is 23.5. The van der Waals surface area contributed by atoms with Gasteiger partial charge in [-0.05, 0) is 56.2 Å². The first-order valence-electron chi connectivity index (χ1n) is 11.7. The summed E-state index contributed by atoms with van der Waals surface area (Å²) in [6.07, 6.45) is 1.36. The number of anilines is 2. The Morgan fingerprint density at radius 3 is 2.29 bits per heavy atom. The molecule has 2 aliphatic rings. The number of hydrogen-bond acceptors (Lipinski definition) is 5. The van der Waals surface area contributed by atoms with Crippen molar-refractivity contribution in [3.8, 4) is 0 Å². The average Bonchev–Trinajstić information content (AvgIpc) is 3.26. The Kier molecular flexibility index (Phi) is 7.25. The van der Waals surface area contributed by atoms with Crippen molar-refractivity contribution in [3.05, 3.63) is 60.2 Å². The van der Waals surface area contributed by atoms with Crippen LogP contribution in [0.4, 0.5) is 11.4 Å². The Labute approximate surface area is 198 Å². The summed E-state index contributed by atoms with van der Waals surface area (Å²) in [5, 5.41) is 2.86. The molecule has 2 fully saturated rings. The highest BCUT2D eigenvalue weighted by Crippen LogP contribution is 2.26. The zero-order valence-electron chi connectivity index (χ0n) is 19.2. The summed E-state index contributed by atoms with van der Waals surface area (Å²) in [5.41, 5.74) is 1.89. The highest BCUT2D eigenvalue weighted by atomic mass is 16.5. The number of carbonyl (C=O) groups excluding carboxylic acids is 4. The maximum atomic E-state index is 12.8. The van der Waals surface area contributed by atoms with Gasteiger partial charge in [0.25, 0.3) is 5.91 Å². The number of nitrogens with zero attached hydrogens (tertiary/aromatic N) is 2. The normalized spacial score (nSPS) is 18.6. The third-order valence-corrected chi connectivity index (χ3v) is 6.37. The zero-order valence-corrected chi connectivity index (χ0v) is 19.2. The van der Waals surface area contributed by atoms with Gasteiger partial charge >= 0.3 is 5.97 Å². The minimum absolute atomic E-state index is 0.0704. The fourth-order valence-electron chi connectivity index (χ4n) is 4.44. The van der Waals surface area contributed by atoms with Gasteiger partial charge in [0, 0.05) is 43.0 Å². The molecule has 1 N–H and O–H groups in total. The number of piperidine rings is 1. The van der Waals surface area contributed by atoms with E-state index in [1.54, 1.807) is 41.0 Å². The van der Waals surface area contributed by atoms with Gasteiger partial charge in [-0.1, -0.05) is 18.2 Å². The summed E-state index contributed by atoms with van der Waals surface area (Å²) in [6, 6.07) is 16.1. The number of amides is 3. The molecule has 34 heavy (non-hydrogen) atoms. The molecule has 2 saturated heterocycles.